The molecule has 0 fully saturated rings. The summed E-state index contributed by atoms with van der Waals surface area (Å²) in [5.41, 5.74) is -2.40. The van der Waals surface area contributed by atoms with Gasteiger partial charge in [-0.3, -0.25) is 9.78 Å². The van der Waals surface area contributed by atoms with Crippen LogP contribution < -0.4 is 11.2 Å². The molecule has 0 amide bonds. The van der Waals surface area contributed by atoms with Gasteiger partial charge in [-0.05, 0) is 6.92 Å². The van der Waals surface area contributed by atoms with Crippen LogP contribution in [0, 0.1) is 6.92 Å². The lowest BCUT2D eigenvalue weighted by Crippen LogP contribution is -2.42. The number of aliphatic hydroxyl groups excluding tert-OH is 3. The number of nitrogens with one attached hydrogen (secondary N) is 1. The molecule has 2 aromatic rings. The van der Waals surface area contributed by atoms with E-state index in [1.807, 2.05) is 0 Å². The Morgan fingerprint density at radius 1 is 1.29 bits per heavy atom. The molecule has 8 heteroatoms. The zero-order valence-electron chi connectivity index (χ0n) is 12.8. The molecular weight excluding hydrogens is 316 g/mol. The largest absolute Gasteiger partial charge is 0.505 e. The predicted octanol–water partition coefficient (Wildman–Crippen LogP) is -0.192. The predicted molar refractivity (Wildman–Crippen MR) is 84.2 cm³/mol. The van der Waals surface area contributed by atoms with Crippen molar-refractivity contribution in [2.45, 2.75) is 18.6 Å². The molecule has 0 saturated carbocycles. The van der Waals surface area contributed by atoms with Gasteiger partial charge in [0.1, 0.15) is 0 Å². The molecule has 0 spiro atoms. The van der Waals surface area contributed by atoms with E-state index >= 15 is 0 Å². The highest BCUT2D eigenvalue weighted by atomic mass is 16.6. The van der Waals surface area contributed by atoms with Crippen LogP contribution in [-0.2, 0) is 10.3 Å². The average Bonchev–Trinajstić information content (AvgIpc) is 2.85. The zero-order chi connectivity index (χ0) is 17.5. The van der Waals surface area contributed by atoms with E-state index in [1.165, 1.54) is 13.1 Å². The van der Waals surface area contributed by atoms with Crippen molar-refractivity contribution in [3.8, 4) is 0 Å². The third kappa shape index (κ3) is 2.24. The molecule has 0 aliphatic carbocycles. The van der Waals surface area contributed by atoms with Gasteiger partial charge < -0.3 is 20.1 Å². The topological polar surface area (TPSA) is 125 Å². The molecule has 2 atom stereocenters. The molecule has 8 nitrogen and oxygen atoms in total. The maximum Gasteiger partial charge on any atom is 0.335 e. The first-order chi connectivity index (χ1) is 11.4. The number of aromatic amines is 1. The summed E-state index contributed by atoms with van der Waals surface area (Å²) < 4.78 is 6.53. The number of aryl methyl sites for hydroxylation is 1. The highest BCUT2D eigenvalue weighted by molar-refractivity contribution is 5.50. The Morgan fingerprint density at radius 3 is 2.58 bits per heavy atom. The molecule has 3 rings (SSSR count). The normalized spacial score (nSPS) is 23.4. The second-order valence-corrected chi connectivity index (χ2v) is 5.55. The van der Waals surface area contributed by atoms with Gasteiger partial charge in [-0.25, -0.2) is 9.36 Å². The van der Waals surface area contributed by atoms with E-state index in [4.69, 9.17) is 4.74 Å². The molecule has 0 radical (unpaired) electrons. The molecule has 1 unspecified atom stereocenters. The summed E-state index contributed by atoms with van der Waals surface area (Å²) in [4.78, 5) is 25.6. The first kappa shape index (κ1) is 16.0. The smallest absolute Gasteiger partial charge is 0.335 e. The lowest BCUT2D eigenvalue weighted by atomic mass is 9.89. The molecule has 2 heterocycles. The van der Waals surface area contributed by atoms with E-state index in [0.29, 0.717) is 5.56 Å². The van der Waals surface area contributed by atoms with Crippen molar-refractivity contribution < 1.29 is 20.1 Å². The number of rotatable bonds is 3. The summed E-state index contributed by atoms with van der Waals surface area (Å²) >= 11 is 0. The maximum atomic E-state index is 12.0. The minimum Gasteiger partial charge on any atom is -0.505 e. The van der Waals surface area contributed by atoms with Crippen LogP contribution in [0.15, 0.2) is 51.9 Å². The molecule has 1 aliphatic heterocycles. The lowest BCUT2D eigenvalue weighted by molar-refractivity contribution is -0.0826. The van der Waals surface area contributed by atoms with Gasteiger partial charge in [0.25, 0.3) is 5.56 Å². The van der Waals surface area contributed by atoms with Gasteiger partial charge in [0, 0.05) is 17.3 Å². The fourth-order valence-electron chi connectivity index (χ4n) is 2.66. The number of nitrogens with zero attached hydrogens (tertiary/aromatic N) is 1. The molecule has 1 aliphatic rings. The van der Waals surface area contributed by atoms with Crippen molar-refractivity contribution in [1.29, 1.82) is 0 Å². The van der Waals surface area contributed by atoms with Gasteiger partial charge >= 0.3 is 5.69 Å². The van der Waals surface area contributed by atoms with Crippen molar-refractivity contribution >= 4 is 5.88 Å². The monoisotopic (exact) mass is 332 g/mol. The number of ether oxygens (including phenoxy) is 1. The van der Waals surface area contributed by atoms with Gasteiger partial charge in [0.2, 0.25) is 5.88 Å². The van der Waals surface area contributed by atoms with E-state index in [1.54, 1.807) is 30.3 Å². The number of aliphatic hydroxyl groups is 3. The van der Waals surface area contributed by atoms with Crippen molar-refractivity contribution in [2.75, 3.05) is 6.61 Å². The highest BCUT2D eigenvalue weighted by Crippen LogP contribution is 2.42. The van der Waals surface area contributed by atoms with Crippen molar-refractivity contribution in [1.82, 2.24) is 9.55 Å². The fourth-order valence-corrected chi connectivity index (χ4v) is 2.66. The van der Waals surface area contributed by atoms with Crippen LogP contribution in [-0.4, -0.2) is 37.6 Å². The van der Waals surface area contributed by atoms with E-state index in [2.05, 4.69) is 4.98 Å². The van der Waals surface area contributed by atoms with Crippen molar-refractivity contribution in [2.24, 2.45) is 0 Å². The van der Waals surface area contributed by atoms with Crippen LogP contribution in [0.2, 0.25) is 0 Å². The minimum atomic E-state index is -1.65. The summed E-state index contributed by atoms with van der Waals surface area (Å²) in [5, 5.41) is 30.5. The van der Waals surface area contributed by atoms with Gasteiger partial charge in [0.15, 0.2) is 17.5 Å². The van der Waals surface area contributed by atoms with Crippen LogP contribution in [0.1, 0.15) is 11.1 Å². The maximum absolute atomic E-state index is 12.0. The molecule has 24 heavy (non-hydrogen) atoms. The molecule has 1 aromatic heterocycles. The van der Waals surface area contributed by atoms with Crippen LogP contribution in [0.4, 0.5) is 0 Å². The number of hydrogen-bond acceptors (Lipinski definition) is 6. The zero-order valence-corrected chi connectivity index (χ0v) is 12.8. The van der Waals surface area contributed by atoms with Gasteiger partial charge in [-0.1, -0.05) is 30.3 Å². The average molecular weight is 332 g/mol. The first-order valence-electron chi connectivity index (χ1n) is 7.20. The SMILES string of the molecule is Cc1cn(C2=C(O)C(O)[C@](CO)(c3ccccc3)O2)c(=O)[nH]c1=O. The van der Waals surface area contributed by atoms with Crippen LogP contribution in [0.5, 0.6) is 0 Å². The van der Waals surface area contributed by atoms with Gasteiger partial charge in [-0.15, -0.1) is 0 Å². The molecule has 1 aromatic carbocycles. The Balaban J connectivity index is 2.14. The highest BCUT2D eigenvalue weighted by Gasteiger charge is 2.52. The Bertz CT molecular complexity index is 914. The molecule has 0 bridgehead atoms. The van der Waals surface area contributed by atoms with Crippen LogP contribution in [0.25, 0.3) is 5.88 Å². The number of hydrogen-bond donors (Lipinski definition) is 4. The summed E-state index contributed by atoms with van der Waals surface area (Å²) in [5.74, 6) is -0.953. The fraction of sp³-hybridized carbons (Fsp3) is 0.250. The number of aromatic nitrogens is 2. The van der Waals surface area contributed by atoms with Crippen molar-refractivity contribution in [3.05, 3.63) is 74.3 Å². The third-order valence-electron chi connectivity index (χ3n) is 4.03. The van der Waals surface area contributed by atoms with E-state index in [9.17, 15) is 24.9 Å². The molecule has 126 valence electrons. The molecule has 4 N–H and O–H groups in total. The summed E-state index contributed by atoms with van der Waals surface area (Å²) in [7, 11) is 0. The third-order valence-corrected chi connectivity index (χ3v) is 4.03. The first-order valence-corrected chi connectivity index (χ1v) is 7.20. The summed E-state index contributed by atoms with van der Waals surface area (Å²) in [6.07, 6.45) is -0.392. The van der Waals surface area contributed by atoms with E-state index in [0.717, 1.165) is 4.57 Å². The standard InChI is InChI=1S/C16H16N2O6/c1-9-7-18(15(23)17-13(9)22)14-11(20)12(21)16(8-19,24-14)10-5-3-2-4-6-10/h2-7,12,19-21H,8H2,1H3,(H,17,22,23)/t12?,16-/m0/s1. The summed E-state index contributed by atoms with van der Waals surface area (Å²) in [6, 6.07) is 8.37. The Hall–Kier alpha value is -2.84. The molecular formula is C16H16N2O6. The Morgan fingerprint density at radius 2 is 1.96 bits per heavy atom. The second-order valence-electron chi connectivity index (χ2n) is 5.55. The lowest BCUT2D eigenvalue weighted by Gasteiger charge is -2.30. The number of benzene rings is 1. The second kappa shape index (κ2) is 5.66. The summed E-state index contributed by atoms with van der Waals surface area (Å²) in [6.45, 7) is 0.844. The number of H-pyrrole nitrogens is 1. The minimum absolute atomic E-state index is 0.217. The van der Waals surface area contributed by atoms with Crippen LogP contribution in [0.3, 0.4) is 0 Å². The Labute approximate surface area is 135 Å². The van der Waals surface area contributed by atoms with E-state index < -0.39 is 35.3 Å². The van der Waals surface area contributed by atoms with Crippen LogP contribution >= 0.6 is 0 Å². The quantitative estimate of drug-likeness (QED) is 0.617. The van der Waals surface area contributed by atoms with Crippen molar-refractivity contribution in [3.63, 3.8) is 0 Å². The van der Waals surface area contributed by atoms with Gasteiger partial charge in [0.05, 0.1) is 6.61 Å². The molecule has 0 saturated heterocycles. The van der Waals surface area contributed by atoms with Gasteiger partial charge in [-0.2, -0.15) is 0 Å². The van der Waals surface area contributed by atoms with E-state index in [-0.39, 0.29) is 11.4 Å². The Kier molecular flexibility index (Phi) is 3.78.